The number of nitrogens with two attached hydrogens (primary N) is 1. The molecule has 0 saturated carbocycles. The van der Waals surface area contributed by atoms with E-state index in [4.69, 9.17) is 10.9 Å². The molecule has 0 spiro atoms. The number of amidine groups is 1. The summed E-state index contributed by atoms with van der Waals surface area (Å²) in [6, 6.07) is 0. The first-order valence-electron chi connectivity index (χ1n) is 4.30. The normalized spacial score (nSPS) is 26.8. The minimum atomic E-state index is 0.250. The summed E-state index contributed by atoms with van der Waals surface area (Å²) in [7, 11) is 0. The van der Waals surface area contributed by atoms with E-state index in [1.165, 1.54) is 0 Å². The van der Waals surface area contributed by atoms with Gasteiger partial charge in [-0.2, -0.15) is 0 Å². The van der Waals surface area contributed by atoms with Crippen LogP contribution in [0, 0.1) is 0 Å². The second-order valence-corrected chi connectivity index (χ2v) is 2.89. The third kappa shape index (κ3) is 3.60. The van der Waals surface area contributed by atoms with Crippen LogP contribution in [0.3, 0.4) is 0 Å². The Morgan fingerprint density at radius 3 is 2.92 bits per heavy atom. The Balaban J connectivity index is 2.62. The van der Waals surface area contributed by atoms with Gasteiger partial charge >= 0.3 is 0 Å². The van der Waals surface area contributed by atoms with Crippen LogP contribution in [0.15, 0.2) is 41.1 Å². The zero-order valence-corrected chi connectivity index (χ0v) is 7.48. The van der Waals surface area contributed by atoms with Crippen LogP contribution >= 0.6 is 0 Å². The molecule has 3 nitrogen and oxygen atoms in total. The molecule has 0 aromatic heterocycles. The largest absolute Gasteiger partial charge is 0.409 e. The quantitative estimate of drug-likeness (QED) is 0.223. The topological polar surface area (TPSA) is 58.6 Å². The van der Waals surface area contributed by atoms with Gasteiger partial charge < -0.3 is 10.9 Å². The summed E-state index contributed by atoms with van der Waals surface area (Å²) in [6.07, 6.45) is 12.8. The molecule has 1 aliphatic rings. The van der Waals surface area contributed by atoms with Gasteiger partial charge in [0.1, 0.15) is 5.84 Å². The number of hydrogen-bond acceptors (Lipinski definition) is 2. The number of oxime groups is 1. The Labute approximate surface area is 77.9 Å². The van der Waals surface area contributed by atoms with E-state index < -0.39 is 0 Å². The zero-order valence-electron chi connectivity index (χ0n) is 7.48. The molecule has 0 unspecified atom stereocenters. The van der Waals surface area contributed by atoms with E-state index in [2.05, 4.69) is 29.5 Å². The Morgan fingerprint density at radius 2 is 2.15 bits per heavy atom. The summed E-state index contributed by atoms with van der Waals surface area (Å²) < 4.78 is 0. The van der Waals surface area contributed by atoms with Gasteiger partial charge in [0.15, 0.2) is 0 Å². The van der Waals surface area contributed by atoms with Gasteiger partial charge in [-0.15, -0.1) is 0 Å². The van der Waals surface area contributed by atoms with Gasteiger partial charge in [0, 0.05) is 6.42 Å². The lowest BCUT2D eigenvalue weighted by Crippen LogP contribution is -2.11. The molecule has 13 heavy (non-hydrogen) atoms. The van der Waals surface area contributed by atoms with Gasteiger partial charge in [-0.3, -0.25) is 0 Å². The summed E-state index contributed by atoms with van der Waals surface area (Å²) in [4.78, 5) is 0. The van der Waals surface area contributed by atoms with Crippen molar-refractivity contribution < 1.29 is 5.21 Å². The van der Waals surface area contributed by atoms with Gasteiger partial charge in [-0.05, 0) is 18.4 Å². The van der Waals surface area contributed by atoms with E-state index in [0.29, 0.717) is 6.42 Å². The summed E-state index contributed by atoms with van der Waals surface area (Å²) in [6.45, 7) is 0. The molecule has 0 saturated heterocycles. The standard InChI is InChI=1S/C10H14N2O/c11-10(12-13)8-9-6-4-2-1-3-5-7-9/h1-2,5-7,13H,3-4,8H2,(H2,11,12)/b2-1+,7-5-,9-6+. The predicted molar refractivity (Wildman–Crippen MR) is 53.6 cm³/mol. The van der Waals surface area contributed by atoms with Gasteiger partial charge in [0.05, 0.1) is 0 Å². The van der Waals surface area contributed by atoms with Gasteiger partial charge in [0.2, 0.25) is 0 Å². The highest BCUT2D eigenvalue weighted by atomic mass is 16.4. The summed E-state index contributed by atoms with van der Waals surface area (Å²) in [5, 5.41) is 11.3. The SMILES string of the molecule is N/C(CC1=C/C/C=C/C/C=C\1)=N\O. The minimum absolute atomic E-state index is 0.250. The highest BCUT2D eigenvalue weighted by molar-refractivity contribution is 5.82. The molecule has 0 fully saturated rings. The number of rotatable bonds is 2. The number of allylic oxidation sites excluding steroid dienone is 5. The van der Waals surface area contributed by atoms with Crippen molar-refractivity contribution >= 4 is 5.84 Å². The smallest absolute Gasteiger partial charge is 0.143 e. The van der Waals surface area contributed by atoms with Crippen molar-refractivity contribution in [3.8, 4) is 0 Å². The second-order valence-electron chi connectivity index (χ2n) is 2.89. The van der Waals surface area contributed by atoms with E-state index in [1.54, 1.807) is 0 Å². The third-order valence-corrected chi connectivity index (χ3v) is 1.80. The van der Waals surface area contributed by atoms with Crippen molar-refractivity contribution in [3.63, 3.8) is 0 Å². The van der Waals surface area contributed by atoms with E-state index >= 15 is 0 Å². The maximum atomic E-state index is 8.39. The van der Waals surface area contributed by atoms with Crippen molar-refractivity contribution in [1.29, 1.82) is 0 Å². The first-order chi connectivity index (χ1) is 6.33. The van der Waals surface area contributed by atoms with Crippen molar-refractivity contribution in [2.24, 2.45) is 10.9 Å². The lowest BCUT2D eigenvalue weighted by Gasteiger charge is -2.01. The molecule has 70 valence electrons. The van der Waals surface area contributed by atoms with E-state index in [-0.39, 0.29) is 5.84 Å². The van der Waals surface area contributed by atoms with Gasteiger partial charge in [-0.25, -0.2) is 0 Å². The molecule has 1 rings (SSSR count). The predicted octanol–water partition coefficient (Wildman–Crippen LogP) is 1.96. The molecule has 0 aromatic rings. The van der Waals surface area contributed by atoms with Crippen LogP contribution in [-0.2, 0) is 0 Å². The first-order valence-corrected chi connectivity index (χ1v) is 4.30. The monoisotopic (exact) mass is 178 g/mol. The highest BCUT2D eigenvalue weighted by Crippen LogP contribution is 2.09. The van der Waals surface area contributed by atoms with Crippen molar-refractivity contribution in [3.05, 3.63) is 36.0 Å². The molecular weight excluding hydrogens is 164 g/mol. The summed E-state index contributed by atoms with van der Waals surface area (Å²) >= 11 is 0. The van der Waals surface area contributed by atoms with Crippen LogP contribution in [0.5, 0.6) is 0 Å². The van der Waals surface area contributed by atoms with E-state index in [9.17, 15) is 0 Å². The molecule has 3 heteroatoms. The third-order valence-electron chi connectivity index (χ3n) is 1.80. The van der Waals surface area contributed by atoms with Crippen LogP contribution in [0.4, 0.5) is 0 Å². The molecule has 1 aliphatic carbocycles. The second kappa shape index (κ2) is 5.19. The average molecular weight is 178 g/mol. The molecule has 0 amide bonds. The average Bonchev–Trinajstić information content (AvgIpc) is 2.09. The van der Waals surface area contributed by atoms with Gasteiger partial charge in [-0.1, -0.05) is 35.5 Å². The molecule has 0 aliphatic heterocycles. The Bertz CT molecular complexity index is 275. The summed E-state index contributed by atoms with van der Waals surface area (Å²) in [5.74, 6) is 0.250. The lowest BCUT2D eigenvalue weighted by atomic mass is 10.1. The molecule has 0 aromatic carbocycles. The fourth-order valence-corrected chi connectivity index (χ4v) is 1.15. The highest BCUT2D eigenvalue weighted by Gasteiger charge is 1.97. The van der Waals surface area contributed by atoms with Crippen LogP contribution in [-0.4, -0.2) is 11.0 Å². The number of nitrogens with zero attached hydrogens (tertiary/aromatic N) is 1. The minimum Gasteiger partial charge on any atom is -0.409 e. The maximum Gasteiger partial charge on any atom is 0.143 e. The van der Waals surface area contributed by atoms with Crippen LogP contribution in [0.2, 0.25) is 0 Å². The van der Waals surface area contributed by atoms with Crippen LogP contribution in [0.1, 0.15) is 19.3 Å². The van der Waals surface area contributed by atoms with Crippen molar-refractivity contribution in [1.82, 2.24) is 0 Å². The van der Waals surface area contributed by atoms with E-state index in [0.717, 1.165) is 18.4 Å². The Hall–Kier alpha value is -1.51. The van der Waals surface area contributed by atoms with Gasteiger partial charge in [0.25, 0.3) is 0 Å². The Kier molecular flexibility index (Phi) is 3.82. The van der Waals surface area contributed by atoms with Crippen molar-refractivity contribution in [2.75, 3.05) is 0 Å². The van der Waals surface area contributed by atoms with Crippen LogP contribution in [0.25, 0.3) is 0 Å². The molecule has 0 bridgehead atoms. The maximum absolute atomic E-state index is 8.39. The summed E-state index contributed by atoms with van der Waals surface area (Å²) in [5.41, 5.74) is 6.50. The van der Waals surface area contributed by atoms with Crippen LogP contribution < -0.4 is 5.73 Å². The molecule has 0 atom stereocenters. The Morgan fingerprint density at radius 1 is 1.38 bits per heavy atom. The number of hydrogen-bond donors (Lipinski definition) is 2. The zero-order chi connectivity index (χ0) is 9.52. The molecule has 3 N–H and O–H groups in total. The molecule has 0 radical (unpaired) electrons. The molecule has 0 heterocycles. The molecular formula is C10H14N2O. The fraction of sp³-hybridized carbons (Fsp3) is 0.300. The fourth-order valence-electron chi connectivity index (χ4n) is 1.15. The van der Waals surface area contributed by atoms with E-state index in [1.807, 2.05) is 6.08 Å². The van der Waals surface area contributed by atoms with Crippen molar-refractivity contribution in [2.45, 2.75) is 19.3 Å². The lowest BCUT2D eigenvalue weighted by molar-refractivity contribution is 0.317. The first kappa shape index (κ1) is 9.58.